The van der Waals surface area contributed by atoms with E-state index in [2.05, 4.69) is 16.9 Å². The second kappa shape index (κ2) is 3.56. The first kappa shape index (κ1) is 8.85. The van der Waals surface area contributed by atoms with Crippen LogP contribution in [0.3, 0.4) is 0 Å². The lowest BCUT2D eigenvalue weighted by Gasteiger charge is -2.32. The molecule has 0 radical (unpaired) electrons. The van der Waals surface area contributed by atoms with Gasteiger partial charge in [-0.15, -0.1) is 0 Å². The lowest BCUT2D eigenvalue weighted by molar-refractivity contribution is 0.228. The van der Waals surface area contributed by atoms with Gasteiger partial charge in [-0.2, -0.15) is 5.10 Å². The fourth-order valence-corrected chi connectivity index (χ4v) is 2.29. The summed E-state index contributed by atoms with van der Waals surface area (Å²) in [6.07, 6.45) is 6.13. The van der Waals surface area contributed by atoms with Gasteiger partial charge in [0.1, 0.15) is 6.34 Å². The Morgan fingerprint density at radius 1 is 1.31 bits per heavy atom. The molecule has 2 rings (SSSR count). The van der Waals surface area contributed by atoms with Crippen LogP contribution in [0.2, 0.25) is 0 Å². The molecular formula is C10H19N3. The highest BCUT2D eigenvalue weighted by atomic mass is 15.5. The highest BCUT2D eigenvalue weighted by Crippen LogP contribution is 2.28. The van der Waals surface area contributed by atoms with Gasteiger partial charge >= 0.3 is 0 Å². The van der Waals surface area contributed by atoms with Crippen LogP contribution in [0.4, 0.5) is 0 Å². The van der Waals surface area contributed by atoms with Crippen LogP contribution in [0.15, 0.2) is 5.10 Å². The molecule has 1 aliphatic heterocycles. The van der Waals surface area contributed by atoms with E-state index < -0.39 is 0 Å². The van der Waals surface area contributed by atoms with Gasteiger partial charge in [0.2, 0.25) is 0 Å². The van der Waals surface area contributed by atoms with Crippen molar-refractivity contribution in [2.45, 2.75) is 32.2 Å². The molecule has 2 aliphatic rings. The second-order valence-electron chi connectivity index (χ2n) is 4.42. The predicted octanol–water partition coefficient (Wildman–Crippen LogP) is 1.37. The van der Waals surface area contributed by atoms with E-state index in [0.717, 1.165) is 25.0 Å². The van der Waals surface area contributed by atoms with Gasteiger partial charge in [-0.05, 0) is 25.2 Å². The van der Waals surface area contributed by atoms with E-state index in [-0.39, 0.29) is 0 Å². The van der Waals surface area contributed by atoms with E-state index in [1.54, 1.807) is 0 Å². The normalized spacial score (nSPS) is 34.3. The van der Waals surface area contributed by atoms with Crippen LogP contribution in [0.25, 0.3) is 0 Å². The molecule has 3 heteroatoms. The summed E-state index contributed by atoms with van der Waals surface area (Å²) < 4.78 is 0. The van der Waals surface area contributed by atoms with Crippen LogP contribution in [-0.2, 0) is 0 Å². The van der Waals surface area contributed by atoms with Crippen LogP contribution < -0.4 is 0 Å². The minimum atomic E-state index is 0.771. The first-order valence-corrected chi connectivity index (χ1v) is 5.26. The number of hydrogen-bond acceptors (Lipinski definition) is 3. The maximum absolute atomic E-state index is 4.32. The Morgan fingerprint density at radius 2 is 2.15 bits per heavy atom. The summed E-state index contributed by atoms with van der Waals surface area (Å²) in [5.41, 5.74) is 0. The van der Waals surface area contributed by atoms with E-state index in [1.165, 1.54) is 19.3 Å². The molecule has 0 N–H and O–H groups in total. The van der Waals surface area contributed by atoms with Gasteiger partial charge in [-0.3, -0.25) is 5.01 Å². The van der Waals surface area contributed by atoms with Crippen molar-refractivity contribution < 1.29 is 0 Å². The van der Waals surface area contributed by atoms with E-state index in [4.69, 9.17) is 0 Å². The van der Waals surface area contributed by atoms with Gasteiger partial charge in [0.25, 0.3) is 0 Å². The van der Waals surface area contributed by atoms with Gasteiger partial charge in [-0.25, -0.2) is 0 Å². The fraction of sp³-hybridized carbons (Fsp3) is 0.900. The van der Waals surface area contributed by atoms with Crippen molar-refractivity contribution in [2.24, 2.45) is 11.0 Å². The Labute approximate surface area is 80.4 Å². The van der Waals surface area contributed by atoms with Crippen molar-refractivity contribution in [3.8, 4) is 0 Å². The Hall–Kier alpha value is -0.730. The van der Waals surface area contributed by atoms with Crippen molar-refractivity contribution in [1.29, 1.82) is 0 Å². The summed E-state index contributed by atoms with van der Waals surface area (Å²) in [6.45, 7) is 4.58. The van der Waals surface area contributed by atoms with Crippen molar-refractivity contribution in [3.05, 3.63) is 0 Å². The molecule has 2 atom stereocenters. The minimum absolute atomic E-state index is 0.771. The molecule has 0 aromatic carbocycles. The summed E-state index contributed by atoms with van der Waals surface area (Å²) in [5.74, 6) is 0.915. The molecule has 0 spiro atoms. The van der Waals surface area contributed by atoms with Crippen molar-refractivity contribution in [2.75, 3.05) is 20.1 Å². The van der Waals surface area contributed by atoms with Crippen LogP contribution in [0, 0.1) is 5.92 Å². The maximum atomic E-state index is 4.32. The first-order chi connectivity index (χ1) is 6.25. The molecule has 0 saturated heterocycles. The highest BCUT2D eigenvalue weighted by Gasteiger charge is 2.26. The SMILES string of the molecule is C[C@H]1CCC(N2C=NN(C)CC2)C1. The molecule has 0 aromatic rings. The average molecular weight is 181 g/mol. The van der Waals surface area contributed by atoms with Crippen LogP contribution in [0.1, 0.15) is 26.2 Å². The standard InChI is InChI=1S/C10H19N3/c1-9-3-4-10(7-9)13-6-5-12(2)11-8-13/h8-10H,3-7H2,1-2H3/t9-,10?/m0/s1. The predicted molar refractivity (Wildman–Crippen MR) is 54.6 cm³/mol. The Morgan fingerprint density at radius 3 is 2.69 bits per heavy atom. The molecule has 1 fully saturated rings. The van der Waals surface area contributed by atoms with Crippen LogP contribution in [0.5, 0.6) is 0 Å². The third-order valence-electron chi connectivity index (χ3n) is 3.22. The highest BCUT2D eigenvalue weighted by molar-refractivity contribution is 5.55. The topological polar surface area (TPSA) is 18.8 Å². The van der Waals surface area contributed by atoms with E-state index in [1.807, 2.05) is 18.4 Å². The quantitative estimate of drug-likeness (QED) is 0.608. The third kappa shape index (κ3) is 1.95. The molecule has 3 nitrogen and oxygen atoms in total. The zero-order valence-corrected chi connectivity index (χ0v) is 8.61. The molecule has 13 heavy (non-hydrogen) atoms. The third-order valence-corrected chi connectivity index (χ3v) is 3.22. The van der Waals surface area contributed by atoms with E-state index in [9.17, 15) is 0 Å². The number of hydrogen-bond donors (Lipinski definition) is 0. The van der Waals surface area contributed by atoms with E-state index in [0.29, 0.717) is 0 Å². The van der Waals surface area contributed by atoms with Gasteiger partial charge in [0.05, 0.1) is 6.54 Å². The van der Waals surface area contributed by atoms with Gasteiger partial charge in [0.15, 0.2) is 0 Å². The first-order valence-electron chi connectivity index (χ1n) is 5.26. The molecular weight excluding hydrogens is 162 g/mol. The van der Waals surface area contributed by atoms with Crippen molar-refractivity contribution >= 4 is 6.34 Å². The molecule has 1 saturated carbocycles. The summed E-state index contributed by atoms with van der Waals surface area (Å²) in [5, 5.41) is 6.32. The largest absolute Gasteiger partial charge is 0.356 e. The van der Waals surface area contributed by atoms with Gasteiger partial charge in [-0.1, -0.05) is 6.92 Å². The van der Waals surface area contributed by atoms with E-state index >= 15 is 0 Å². The molecule has 1 heterocycles. The molecule has 1 aliphatic carbocycles. The molecule has 74 valence electrons. The monoisotopic (exact) mass is 181 g/mol. The summed E-state index contributed by atoms with van der Waals surface area (Å²) >= 11 is 0. The van der Waals surface area contributed by atoms with Gasteiger partial charge < -0.3 is 4.90 Å². The lowest BCUT2D eigenvalue weighted by atomic mass is 10.1. The maximum Gasteiger partial charge on any atom is 0.111 e. The minimum Gasteiger partial charge on any atom is -0.356 e. The zero-order valence-electron chi connectivity index (χ0n) is 8.61. The van der Waals surface area contributed by atoms with Crippen molar-refractivity contribution in [3.63, 3.8) is 0 Å². The summed E-state index contributed by atoms with van der Waals surface area (Å²) in [4.78, 5) is 2.42. The summed E-state index contributed by atoms with van der Waals surface area (Å²) in [7, 11) is 2.03. The average Bonchev–Trinajstić information content (AvgIpc) is 2.53. The van der Waals surface area contributed by atoms with Crippen LogP contribution in [-0.4, -0.2) is 42.4 Å². The number of rotatable bonds is 1. The van der Waals surface area contributed by atoms with Gasteiger partial charge in [0, 0.05) is 19.6 Å². The molecule has 0 amide bonds. The van der Waals surface area contributed by atoms with Crippen molar-refractivity contribution in [1.82, 2.24) is 9.91 Å². The van der Waals surface area contributed by atoms with Crippen LogP contribution >= 0.6 is 0 Å². The zero-order chi connectivity index (χ0) is 9.26. The molecule has 0 bridgehead atoms. The Bertz CT molecular complexity index is 202. The molecule has 1 unspecified atom stereocenters. The number of nitrogens with zero attached hydrogens (tertiary/aromatic N) is 3. The summed E-state index contributed by atoms with van der Waals surface area (Å²) in [6, 6.07) is 0.771. The lowest BCUT2D eigenvalue weighted by Crippen LogP contribution is -2.41. The number of likely N-dealkylation sites (N-methyl/N-ethyl adjacent to an activating group) is 1. The molecule has 0 aromatic heterocycles. The fourth-order valence-electron chi connectivity index (χ4n) is 2.29. The number of hydrazone groups is 1. The smallest absolute Gasteiger partial charge is 0.111 e. The Balaban J connectivity index is 1.91. The Kier molecular flexibility index (Phi) is 2.42. The second-order valence-corrected chi connectivity index (χ2v) is 4.42.